The molecule has 1 N–H and O–H groups in total. The smallest absolute Gasteiger partial charge is 0.315 e. The van der Waals surface area contributed by atoms with Crippen LogP contribution in [0, 0.1) is 12.8 Å². The Morgan fingerprint density at radius 1 is 1.47 bits per heavy atom. The number of carbonyl (C=O) groups is 1. The minimum Gasteiger partial charge on any atom is -0.465 e. The lowest BCUT2D eigenvalue weighted by Gasteiger charge is -2.18. The molecule has 0 aliphatic rings. The average Bonchev–Trinajstić information content (AvgIpc) is 2.31. The minimum absolute atomic E-state index is 0.295. The van der Waals surface area contributed by atoms with E-state index in [1.165, 1.54) is 6.08 Å². The summed E-state index contributed by atoms with van der Waals surface area (Å²) in [5.74, 6) is -1.17. The highest BCUT2D eigenvalue weighted by Crippen LogP contribution is 2.24. The molecule has 0 fully saturated rings. The van der Waals surface area contributed by atoms with Gasteiger partial charge < -0.3 is 9.84 Å². The zero-order valence-electron chi connectivity index (χ0n) is 10.2. The number of aliphatic hydroxyl groups excluding tert-OH is 1. The van der Waals surface area contributed by atoms with Crippen molar-refractivity contribution in [3.05, 3.63) is 48.0 Å². The van der Waals surface area contributed by atoms with Crippen LogP contribution in [0.4, 0.5) is 0 Å². The summed E-state index contributed by atoms with van der Waals surface area (Å²) >= 11 is 0. The Kier molecular flexibility index (Phi) is 4.91. The maximum atomic E-state index is 11.6. The van der Waals surface area contributed by atoms with Crippen LogP contribution in [0.3, 0.4) is 0 Å². The molecule has 0 aliphatic carbocycles. The van der Waals surface area contributed by atoms with Crippen molar-refractivity contribution < 1.29 is 14.6 Å². The molecule has 0 amide bonds. The quantitative estimate of drug-likeness (QED) is 0.628. The number of aliphatic hydroxyl groups is 1. The molecule has 0 aliphatic heterocycles. The fourth-order valence-corrected chi connectivity index (χ4v) is 1.56. The molecule has 3 nitrogen and oxygen atoms in total. The van der Waals surface area contributed by atoms with Crippen LogP contribution in [0.2, 0.25) is 0 Å². The minimum atomic E-state index is -0.910. The number of carbonyl (C=O) groups excluding carboxylic acids is 1. The van der Waals surface area contributed by atoms with Crippen molar-refractivity contribution in [1.29, 1.82) is 0 Å². The Hall–Kier alpha value is -1.61. The van der Waals surface area contributed by atoms with E-state index in [1.54, 1.807) is 19.1 Å². The van der Waals surface area contributed by atoms with E-state index in [-0.39, 0.29) is 0 Å². The molecule has 1 aromatic carbocycles. The number of hydrogen-bond acceptors (Lipinski definition) is 3. The van der Waals surface area contributed by atoms with Gasteiger partial charge >= 0.3 is 5.97 Å². The molecule has 1 aromatic rings. The third-order valence-electron chi connectivity index (χ3n) is 2.57. The average molecular weight is 234 g/mol. The summed E-state index contributed by atoms with van der Waals surface area (Å²) in [5, 5.41) is 10.1. The van der Waals surface area contributed by atoms with E-state index in [1.807, 2.05) is 19.1 Å². The molecule has 1 rings (SSSR count). The van der Waals surface area contributed by atoms with Crippen molar-refractivity contribution in [2.45, 2.75) is 20.0 Å². The van der Waals surface area contributed by atoms with Crippen molar-refractivity contribution >= 4 is 5.97 Å². The largest absolute Gasteiger partial charge is 0.465 e. The molecule has 0 bridgehead atoms. The van der Waals surface area contributed by atoms with Gasteiger partial charge in [0.25, 0.3) is 0 Å². The van der Waals surface area contributed by atoms with Gasteiger partial charge in [-0.2, -0.15) is 0 Å². The number of rotatable bonds is 5. The Bertz CT molecular complexity index is 381. The second-order valence-electron chi connectivity index (χ2n) is 3.87. The third kappa shape index (κ3) is 3.43. The van der Waals surface area contributed by atoms with Crippen LogP contribution in [-0.2, 0) is 9.53 Å². The topological polar surface area (TPSA) is 46.5 Å². The fraction of sp³-hybridized carbons (Fsp3) is 0.357. The summed E-state index contributed by atoms with van der Waals surface area (Å²) in [6.07, 6.45) is 0.509. The maximum absolute atomic E-state index is 11.6. The first kappa shape index (κ1) is 13.5. The fourth-order valence-electron chi connectivity index (χ4n) is 1.56. The SMILES string of the molecule is C=C[C@@H](C(=O)OCC)[C@H](O)c1ccc(C)cc1. The summed E-state index contributed by atoms with van der Waals surface area (Å²) in [7, 11) is 0. The van der Waals surface area contributed by atoms with Gasteiger partial charge in [-0.1, -0.05) is 35.9 Å². The molecular formula is C14H18O3. The van der Waals surface area contributed by atoms with Gasteiger partial charge in [0, 0.05) is 0 Å². The molecule has 3 heteroatoms. The lowest BCUT2D eigenvalue weighted by molar-refractivity contribution is -0.149. The summed E-state index contributed by atoms with van der Waals surface area (Å²) in [6.45, 7) is 7.56. The lowest BCUT2D eigenvalue weighted by atomic mass is 9.95. The van der Waals surface area contributed by atoms with Gasteiger partial charge in [0.1, 0.15) is 5.92 Å². The molecule has 0 saturated carbocycles. The van der Waals surface area contributed by atoms with Gasteiger partial charge in [-0.25, -0.2) is 0 Å². The first-order chi connectivity index (χ1) is 8.10. The number of hydrogen-bond donors (Lipinski definition) is 1. The molecule has 0 spiro atoms. The van der Waals surface area contributed by atoms with Crippen molar-refractivity contribution in [2.24, 2.45) is 5.92 Å². The highest BCUT2D eigenvalue weighted by Gasteiger charge is 2.26. The Morgan fingerprint density at radius 3 is 2.53 bits per heavy atom. The summed E-state index contributed by atoms with van der Waals surface area (Å²) < 4.78 is 4.89. The first-order valence-corrected chi connectivity index (χ1v) is 5.64. The summed E-state index contributed by atoms with van der Waals surface area (Å²) in [4.78, 5) is 11.6. The van der Waals surface area contributed by atoms with E-state index in [0.29, 0.717) is 12.2 Å². The van der Waals surface area contributed by atoms with Crippen LogP contribution in [0.1, 0.15) is 24.2 Å². The van der Waals surface area contributed by atoms with E-state index >= 15 is 0 Å². The second kappa shape index (κ2) is 6.21. The van der Waals surface area contributed by atoms with E-state index in [2.05, 4.69) is 6.58 Å². The van der Waals surface area contributed by atoms with E-state index < -0.39 is 18.0 Å². The number of aryl methyl sites for hydroxylation is 1. The molecule has 2 atom stereocenters. The predicted molar refractivity (Wildman–Crippen MR) is 66.5 cm³/mol. The standard InChI is InChI=1S/C14H18O3/c1-4-12(14(16)17-5-2)13(15)11-8-6-10(3)7-9-11/h4,6-9,12-13,15H,1,5H2,2-3H3/t12-,13-/m1/s1. The van der Waals surface area contributed by atoms with Crippen molar-refractivity contribution in [3.63, 3.8) is 0 Å². The number of ether oxygens (including phenoxy) is 1. The highest BCUT2D eigenvalue weighted by atomic mass is 16.5. The molecule has 0 unspecified atom stereocenters. The van der Waals surface area contributed by atoms with Gasteiger partial charge in [-0.15, -0.1) is 6.58 Å². The summed E-state index contributed by atoms with van der Waals surface area (Å²) in [5.41, 5.74) is 1.79. The third-order valence-corrected chi connectivity index (χ3v) is 2.57. The maximum Gasteiger partial charge on any atom is 0.315 e. The lowest BCUT2D eigenvalue weighted by Crippen LogP contribution is -2.22. The summed E-state index contributed by atoms with van der Waals surface area (Å²) in [6, 6.07) is 7.39. The normalized spacial score (nSPS) is 13.8. The predicted octanol–water partition coefficient (Wildman–Crippen LogP) is 2.39. The molecule has 17 heavy (non-hydrogen) atoms. The van der Waals surface area contributed by atoms with Crippen molar-refractivity contribution in [2.75, 3.05) is 6.61 Å². The Balaban J connectivity index is 2.85. The van der Waals surface area contributed by atoms with E-state index in [9.17, 15) is 9.90 Å². The molecule has 0 radical (unpaired) electrons. The second-order valence-corrected chi connectivity index (χ2v) is 3.87. The van der Waals surface area contributed by atoms with Crippen LogP contribution < -0.4 is 0 Å². The molecular weight excluding hydrogens is 216 g/mol. The monoisotopic (exact) mass is 234 g/mol. The molecule has 0 saturated heterocycles. The number of benzene rings is 1. The van der Waals surface area contributed by atoms with Gasteiger partial charge in [0.2, 0.25) is 0 Å². The van der Waals surface area contributed by atoms with Crippen LogP contribution in [0.25, 0.3) is 0 Å². The highest BCUT2D eigenvalue weighted by molar-refractivity contribution is 5.75. The van der Waals surface area contributed by atoms with Gasteiger partial charge in [0.15, 0.2) is 0 Å². The molecule has 0 heterocycles. The Morgan fingerprint density at radius 2 is 2.06 bits per heavy atom. The zero-order valence-corrected chi connectivity index (χ0v) is 10.2. The van der Waals surface area contributed by atoms with Gasteiger partial charge in [-0.3, -0.25) is 4.79 Å². The van der Waals surface area contributed by atoms with Crippen LogP contribution >= 0.6 is 0 Å². The van der Waals surface area contributed by atoms with E-state index in [4.69, 9.17) is 4.74 Å². The van der Waals surface area contributed by atoms with Gasteiger partial charge in [0.05, 0.1) is 12.7 Å². The molecule has 0 aromatic heterocycles. The van der Waals surface area contributed by atoms with Crippen LogP contribution in [0.5, 0.6) is 0 Å². The van der Waals surface area contributed by atoms with Gasteiger partial charge in [-0.05, 0) is 19.4 Å². The van der Waals surface area contributed by atoms with Crippen LogP contribution in [-0.4, -0.2) is 17.7 Å². The zero-order chi connectivity index (χ0) is 12.8. The molecule has 92 valence electrons. The van der Waals surface area contributed by atoms with Crippen LogP contribution in [0.15, 0.2) is 36.9 Å². The first-order valence-electron chi connectivity index (χ1n) is 5.64. The Labute approximate surface area is 102 Å². The van der Waals surface area contributed by atoms with E-state index in [0.717, 1.165) is 5.56 Å². The van der Waals surface area contributed by atoms with Crippen molar-refractivity contribution in [1.82, 2.24) is 0 Å². The number of esters is 1. The van der Waals surface area contributed by atoms with Crippen molar-refractivity contribution in [3.8, 4) is 0 Å².